The highest BCUT2D eigenvalue weighted by atomic mass is 16.5. The third-order valence-electron chi connectivity index (χ3n) is 2.06. The van der Waals surface area contributed by atoms with Crippen LogP contribution in [0.3, 0.4) is 0 Å². The molecule has 1 aromatic heterocycles. The molecule has 0 fully saturated rings. The van der Waals surface area contributed by atoms with E-state index in [1.807, 2.05) is 13.0 Å². The lowest BCUT2D eigenvalue weighted by Crippen LogP contribution is -2.28. The van der Waals surface area contributed by atoms with E-state index in [-0.39, 0.29) is 5.91 Å². The molecule has 0 aromatic carbocycles. The highest BCUT2D eigenvalue weighted by Gasteiger charge is 2.17. The number of carbonyl (C=O) groups is 1. The Morgan fingerprint density at radius 2 is 2.36 bits per heavy atom. The number of hydrogen-bond acceptors (Lipinski definition) is 4. The minimum absolute atomic E-state index is 0.0871. The van der Waals surface area contributed by atoms with Crippen molar-refractivity contribution in [2.45, 2.75) is 6.92 Å². The van der Waals surface area contributed by atoms with E-state index in [1.54, 1.807) is 7.11 Å². The van der Waals surface area contributed by atoms with Gasteiger partial charge in [0.15, 0.2) is 5.82 Å². The van der Waals surface area contributed by atoms with E-state index < -0.39 is 0 Å². The molecule has 2 N–H and O–H groups in total. The van der Waals surface area contributed by atoms with Gasteiger partial charge in [0.1, 0.15) is 0 Å². The van der Waals surface area contributed by atoms with Gasteiger partial charge in [0.25, 0.3) is 0 Å². The monoisotopic (exact) mass is 193 g/mol. The van der Waals surface area contributed by atoms with Crippen LogP contribution in [0.5, 0.6) is 5.88 Å². The van der Waals surface area contributed by atoms with Gasteiger partial charge in [-0.3, -0.25) is 4.79 Å². The van der Waals surface area contributed by atoms with Crippen LogP contribution >= 0.6 is 0 Å². The van der Waals surface area contributed by atoms with Gasteiger partial charge in [0.2, 0.25) is 11.8 Å². The first kappa shape index (κ1) is 8.80. The predicted molar refractivity (Wildman–Crippen MR) is 52.6 cm³/mol. The van der Waals surface area contributed by atoms with Crippen molar-refractivity contribution in [2.75, 3.05) is 24.3 Å². The standard InChI is InChI=1S/C9H11N3O2/c1-5-3-6-8(12-9(5)14-2)11-7(13)4-10-6/h3,10H,4H2,1-2H3,(H,11,12,13). The van der Waals surface area contributed by atoms with Gasteiger partial charge in [-0.1, -0.05) is 0 Å². The Hall–Kier alpha value is -1.78. The molecule has 0 aliphatic carbocycles. The topological polar surface area (TPSA) is 63.2 Å². The summed E-state index contributed by atoms with van der Waals surface area (Å²) in [5.74, 6) is 0.979. The van der Waals surface area contributed by atoms with Crippen LogP contribution in [0.2, 0.25) is 0 Å². The molecule has 0 radical (unpaired) electrons. The van der Waals surface area contributed by atoms with E-state index >= 15 is 0 Å². The van der Waals surface area contributed by atoms with Crippen LogP contribution < -0.4 is 15.4 Å². The van der Waals surface area contributed by atoms with Gasteiger partial charge < -0.3 is 15.4 Å². The minimum atomic E-state index is -0.0871. The van der Waals surface area contributed by atoms with Gasteiger partial charge in [0.05, 0.1) is 19.3 Å². The Bertz CT molecular complexity index is 390. The molecular formula is C9H11N3O2. The SMILES string of the molecule is COc1nc2c(cc1C)NCC(=O)N2. The lowest BCUT2D eigenvalue weighted by molar-refractivity contribution is -0.114. The normalized spacial score (nSPS) is 14.0. The smallest absolute Gasteiger partial charge is 0.244 e. The Morgan fingerprint density at radius 1 is 1.57 bits per heavy atom. The lowest BCUT2D eigenvalue weighted by Gasteiger charge is -2.18. The summed E-state index contributed by atoms with van der Waals surface area (Å²) in [4.78, 5) is 15.2. The zero-order chi connectivity index (χ0) is 10.1. The largest absolute Gasteiger partial charge is 0.481 e. The number of rotatable bonds is 1. The molecule has 14 heavy (non-hydrogen) atoms. The van der Waals surface area contributed by atoms with Crippen molar-refractivity contribution in [1.82, 2.24) is 4.98 Å². The summed E-state index contributed by atoms with van der Waals surface area (Å²) < 4.78 is 5.06. The molecule has 1 aliphatic heterocycles. The van der Waals surface area contributed by atoms with Gasteiger partial charge in [0, 0.05) is 5.56 Å². The highest BCUT2D eigenvalue weighted by molar-refractivity contribution is 5.99. The number of anilines is 2. The van der Waals surface area contributed by atoms with Crippen molar-refractivity contribution in [3.63, 3.8) is 0 Å². The van der Waals surface area contributed by atoms with Crippen LogP contribution in [0, 0.1) is 6.92 Å². The van der Waals surface area contributed by atoms with Crippen molar-refractivity contribution < 1.29 is 9.53 Å². The van der Waals surface area contributed by atoms with Crippen LogP contribution in [0.4, 0.5) is 11.5 Å². The zero-order valence-electron chi connectivity index (χ0n) is 8.05. The quantitative estimate of drug-likeness (QED) is 0.691. The van der Waals surface area contributed by atoms with Crippen LogP contribution in [0.25, 0.3) is 0 Å². The van der Waals surface area contributed by atoms with E-state index in [0.717, 1.165) is 11.3 Å². The average molecular weight is 193 g/mol. The second-order valence-corrected chi connectivity index (χ2v) is 3.11. The first-order valence-electron chi connectivity index (χ1n) is 4.30. The number of carbonyl (C=O) groups excluding carboxylic acids is 1. The van der Waals surface area contributed by atoms with E-state index in [4.69, 9.17) is 4.74 Å². The number of hydrogen-bond donors (Lipinski definition) is 2. The minimum Gasteiger partial charge on any atom is -0.481 e. The maximum Gasteiger partial charge on any atom is 0.244 e. The fraction of sp³-hybridized carbons (Fsp3) is 0.333. The van der Waals surface area contributed by atoms with Crippen molar-refractivity contribution in [2.24, 2.45) is 0 Å². The first-order valence-corrected chi connectivity index (χ1v) is 4.30. The van der Waals surface area contributed by atoms with Gasteiger partial charge >= 0.3 is 0 Å². The number of nitrogens with zero attached hydrogens (tertiary/aromatic N) is 1. The van der Waals surface area contributed by atoms with Gasteiger partial charge in [-0.25, -0.2) is 0 Å². The Morgan fingerprint density at radius 3 is 3.07 bits per heavy atom. The fourth-order valence-corrected chi connectivity index (χ4v) is 1.38. The van der Waals surface area contributed by atoms with E-state index in [1.165, 1.54) is 0 Å². The number of methoxy groups -OCH3 is 1. The van der Waals surface area contributed by atoms with Crippen LogP contribution in [-0.2, 0) is 4.79 Å². The fourth-order valence-electron chi connectivity index (χ4n) is 1.38. The van der Waals surface area contributed by atoms with E-state index in [0.29, 0.717) is 18.2 Å². The molecule has 5 nitrogen and oxygen atoms in total. The molecule has 1 aliphatic rings. The number of pyridine rings is 1. The third-order valence-corrected chi connectivity index (χ3v) is 2.06. The van der Waals surface area contributed by atoms with Gasteiger partial charge in [-0.05, 0) is 13.0 Å². The Kier molecular flexibility index (Phi) is 1.99. The molecule has 0 atom stereocenters. The summed E-state index contributed by atoms with van der Waals surface area (Å²) in [6.45, 7) is 2.20. The molecule has 1 amide bonds. The van der Waals surface area contributed by atoms with Crippen LogP contribution in [0.1, 0.15) is 5.56 Å². The second-order valence-electron chi connectivity index (χ2n) is 3.11. The molecule has 0 unspecified atom stereocenters. The van der Waals surface area contributed by atoms with Gasteiger partial charge in [-0.15, -0.1) is 0 Å². The Labute approximate surface area is 81.5 Å². The number of nitrogens with one attached hydrogen (secondary N) is 2. The number of fused-ring (bicyclic) bond motifs is 1. The summed E-state index contributed by atoms with van der Waals surface area (Å²) in [6, 6.07) is 1.90. The number of ether oxygens (including phenoxy) is 1. The summed E-state index contributed by atoms with van der Waals surface area (Å²) >= 11 is 0. The van der Waals surface area contributed by atoms with Gasteiger partial charge in [-0.2, -0.15) is 4.98 Å². The van der Waals surface area contributed by atoms with Crippen LogP contribution in [-0.4, -0.2) is 24.5 Å². The van der Waals surface area contributed by atoms with Crippen molar-refractivity contribution in [3.8, 4) is 5.88 Å². The molecule has 0 spiro atoms. The lowest BCUT2D eigenvalue weighted by atomic mass is 10.2. The molecule has 74 valence electrons. The van der Waals surface area contributed by atoms with E-state index in [9.17, 15) is 4.79 Å². The maximum absolute atomic E-state index is 11.1. The number of aryl methyl sites for hydroxylation is 1. The molecule has 0 saturated heterocycles. The number of amides is 1. The number of aromatic nitrogens is 1. The summed E-state index contributed by atoms with van der Waals surface area (Å²) in [6.07, 6.45) is 0. The van der Waals surface area contributed by atoms with Crippen molar-refractivity contribution in [3.05, 3.63) is 11.6 Å². The summed E-state index contributed by atoms with van der Waals surface area (Å²) in [5.41, 5.74) is 1.78. The summed E-state index contributed by atoms with van der Waals surface area (Å²) in [7, 11) is 1.56. The zero-order valence-corrected chi connectivity index (χ0v) is 8.05. The summed E-state index contributed by atoms with van der Waals surface area (Å²) in [5, 5.41) is 5.64. The maximum atomic E-state index is 11.1. The highest BCUT2D eigenvalue weighted by Crippen LogP contribution is 2.28. The second kappa shape index (κ2) is 3.17. The molecule has 1 aromatic rings. The van der Waals surface area contributed by atoms with E-state index in [2.05, 4.69) is 15.6 Å². The van der Waals surface area contributed by atoms with Crippen molar-refractivity contribution >= 4 is 17.4 Å². The molecule has 2 heterocycles. The molecule has 0 bridgehead atoms. The molecule has 5 heteroatoms. The van der Waals surface area contributed by atoms with Crippen molar-refractivity contribution in [1.29, 1.82) is 0 Å². The predicted octanol–water partition coefficient (Wildman–Crippen LogP) is 0.763. The third kappa shape index (κ3) is 1.37. The van der Waals surface area contributed by atoms with Crippen LogP contribution in [0.15, 0.2) is 6.07 Å². The first-order chi connectivity index (χ1) is 6.70. The Balaban J connectivity index is 2.46. The average Bonchev–Trinajstić information content (AvgIpc) is 2.17. The molecule has 2 rings (SSSR count). The molecule has 0 saturated carbocycles. The molecular weight excluding hydrogens is 182 g/mol.